The number of aldehydes is 1. The summed E-state index contributed by atoms with van der Waals surface area (Å²) < 4.78 is 10.3. The predicted molar refractivity (Wildman–Crippen MR) is 57.4 cm³/mol. The van der Waals surface area contributed by atoms with Crippen molar-refractivity contribution in [3.05, 3.63) is 23.8 Å². The highest BCUT2D eigenvalue weighted by atomic mass is 16.5. The molecule has 82 valence electrons. The summed E-state index contributed by atoms with van der Waals surface area (Å²) in [5, 5.41) is 2.89. The molecule has 0 fully saturated rings. The van der Waals surface area contributed by atoms with Crippen molar-refractivity contribution in [2.45, 2.75) is 6.04 Å². The predicted octanol–water partition coefficient (Wildman–Crippen LogP) is 1.16. The van der Waals surface area contributed by atoms with Crippen LogP contribution < -0.4 is 14.8 Å². The van der Waals surface area contributed by atoms with Gasteiger partial charge in [0, 0.05) is 5.56 Å². The van der Waals surface area contributed by atoms with E-state index in [4.69, 9.17) is 9.47 Å². The van der Waals surface area contributed by atoms with Gasteiger partial charge in [0.1, 0.15) is 17.8 Å². The molecule has 0 aliphatic carbocycles. The van der Waals surface area contributed by atoms with Crippen LogP contribution in [0.4, 0.5) is 0 Å². The first-order valence-corrected chi connectivity index (χ1v) is 4.61. The van der Waals surface area contributed by atoms with Gasteiger partial charge in [0.2, 0.25) is 0 Å². The van der Waals surface area contributed by atoms with Gasteiger partial charge >= 0.3 is 0 Å². The highest BCUT2D eigenvalue weighted by Crippen LogP contribution is 2.28. The van der Waals surface area contributed by atoms with Crippen LogP contribution in [0.25, 0.3) is 0 Å². The van der Waals surface area contributed by atoms with Gasteiger partial charge in [0.05, 0.1) is 20.3 Å². The normalized spacial score (nSPS) is 11.9. The van der Waals surface area contributed by atoms with E-state index in [1.54, 1.807) is 39.5 Å². The Morgan fingerprint density at radius 3 is 2.53 bits per heavy atom. The summed E-state index contributed by atoms with van der Waals surface area (Å²) in [5.74, 6) is 1.37. The second-order valence-corrected chi connectivity index (χ2v) is 3.01. The van der Waals surface area contributed by atoms with E-state index in [1.165, 1.54) is 0 Å². The fraction of sp³-hybridized carbons (Fsp3) is 0.364. The van der Waals surface area contributed by atoms with Crippen LogP contribution in [0.1, 0.15) is 11.6 Å². The molecule has 1 unspecified atom stereocenters. The number of rotatable bonds is 5. The second kappa shape index (κ2) is 5.36. The van der Waals surface area contributed by atoms with E-state index in [0.29, 0.717) is 11.5 Å². The van der Waals surface area contributed by atoms with Crippen LogP contribution in [0.15, 0.2) is 18.2 Å². The summed E-state index contributed by atoms with van der Waals surface area (Å²) in [6.45, 7) is 0. The monoisotopic (exact) mass is 209 g/mol. The van der Waals surface area contributed by atoms with Crippen molar-refractivity contribution in [2.24, 2.45) is 0 Å². The molecule has 0 aliphatic rings. The number of carbonyl (C=O) groups excluding carboxylic acids is 1. The number of hydrogen-bond acceptors (Lipinski definition) is 4. The lowest BCUT2D eigenvalue weighted by atomic mass is 10.1. The van der Waals surface area contributed by atoms with E-state index in [-0.39, 0.29) is 6.04 Å². The van der Waals surface area contributed by atoms with Crippen LogP contribution in [0.2, 0.25) is 0 Å². The first-order valence-electron chi connectivity index (χ1n) is 4.61. The molecule has 0 aliphatic heterocycles. The highest BCUT2D eigenvalue weighted by molar-refractivity contribution is 5.64. The zero-order chi connectivity index (χ0) is 11.3. The Bertz CT molecular complexity index is 339. The molecule has 0 radical (unpaired) electrons. The number of likely N-dealkylation sites (N-methyl/N-ethyl adjacent to an activating group) is 1. The molecule has 0 aromatic heterocycles. The number of benzene rings is 1. The van der Waals surface area contributed by atoms with Gasteiger partial charge in [-0.25, -0.2) is 0 Å². The molecule has 1 rings (SSSR count). The molecule has 1 N–H and O–H groups in total. The van der Waals surface area contributed by atoms with Crippen molar-refractivity contribution in [1.29, 1.82) is 0 Å². The molecule has 1 atom stereocenters. The lowest BCUT2D eigenvalue weighted by Gasteiger charge is -2.14. The highest BCUT2D eigenvalue weighted by Gasteiger charge is 2.14. The minimum absolute atomic E-state index is 0.380. The van der Waals surface area contributed by atoms with E-state index < -0.39 is 0 Å². The van der Waals surface area contributed by atoms with Gasteiger partial charge in [-0.2, -0.15) is 0 Å². The average molecular weight is 209 g/mol. The van der Waals surface area contributed by atoms with Crippen molar-refractivity contribution >= 4 is 6.29 Å². The van der Waals surface area contributed by atoms with Gasteiger partial charge in [-0.05, 0) is 25.2 Å². The maximum absolute atomic E-state index is 10.8. The van der Waals surface area contributed by atoms with Gasteiger partial charge in [-0.1, -0.05) is 0 Å². The third-order valence-electron chi connectivity index (χ3n) is 2.22. The van der Waals surface area contributed by atoms with Gasteiger partial charge in [0.15, 0.2) is 0 Å². The molecule has 0 spiro atoms. The van der Waals surface area contributed by atoms with Crippen LogP contribution in [0.3, 0.4) is 0 Å². The molecular formula is C11H15NO3. The first-order chi connectivity index (χ1) is 7.26. The molecule has 4 heteroatoms. The van der Waals surface area contributed by atoms with Gasteiger partial charge < -0.3 is 19.6 Å². The molecule has 15 heavy (non-hydrogen) atoms. The van der Waals surface area contributed by atoms with E-state index in [9.17, 15) is 4.79 Å². The summed E-state index contributed by atoms with van der Waals surface area (Å²) in [7, 11) is 4.88. The van der Waals surface area contributed by atoms with Gasteiger partial charge in [0.25, 0.3) is 0 Å². The number of carbonyl (C=O) groups is 1. The minimum atomic E-state index is -0.380. The van der Waals surface area contributed by atoms with Crippen molar-refractivity contribution in [3.8, 4) is 11.5 Å². The standard InChI is InChI=1S/C11H15NO3/c1-12-10(7-13)9-6-8(14-2)4-5-11(9)15-3/h4-7,10,12H,1-3H3. The maximum Gasteiger partial charge on any atom is 0.141 e. The summed E-state index contributed by atoms with van der Waals surface area (Å²) in [5.41, 5.74) is 0.773. The topological polar surface area (TPSA) is 47.6 Å². The van der Waals surface area contributed by atoms with Crippen molar-refractivity contribution < 1.29 is 14.3 Å². The summed E-state index contributed by atoms with van der Waals surface area (Å²) >= 11 is 0. The zero-order valence-electron chi connectivity index (χ0n) is 9.11. The third kappa shape index (κ3) is 2.47. The summed E-state index contributed by atoms with van der Waals surface area (Å²) in [4.78, 5) is 10.8. The lowest BCUT2D eigenvalue weighted by molar-refractivity contribution is -0.109. The van der Waals surface area contributed by atoms with Gasteiger partial charge in [-0.15, -0.1) is 0 Å². The average Bonchev–Trinajstić information content (AvgIpc) is 2.30. The Morgan fingerprint density at radius 1 is 1.33 bits per heavy atom. The Balaban J connectivity index is 3.15. The van der Waals surface area contributed by atoms with Crippen molar-refractivity contribution in [2.75, 3.05) is 21.3 Å². The van der Waals surface area contributed by atoms with Crippen LogP contribution in [-0.2, 0) is 4.79 Å². The molecule has 0 heterocycles. The molecule has 0 saturated carbocycles. The Labute approximate surface area is 89.2 Å². The largest absolute Gasteiger partial charge is 0.497 e. The smallest absolute Gasteiger partial charge is 0.141 e. The van der Waals surface area contributed by atoms with E-state index in [0.717, 1.165) is 11.8 Å². The number of ether oxygens (including phenoxy) is 2. The summed E-state index contributed by atoms with van der Waals surface area (Å²) in [6.07, 6.45) is 0.831. The van der Waals surface area contributed by atoms with Crippen LogP contribution >= 0.6 is 0 Å². The molecule has 1 aromatic carbocycles. The molecular weight excluding hydrogens is 194 g/mol. The van der Waals surface area contributed by atoms with E-state index in [1.807, 2.05) is 0 Å². The molecule has 4 nitrogen and oxygen atoms in total. The van der Waals surface area contributed by atoms with Crippen molar-refractivity contribution in [1.82, 2.24) is 5.32 Å². The molecule has 0 saturated heterocycles. The Morgan fingerprint density at radius 2 is 2.07 bits per heavy atom. The number of methoxy groups -OCH3 is 2. The SMILES string of the molecule is CNC(C=O)c1cc(OC)ccc1OC. The Kier molecular flexibility index (Phi) is 4.12. The van der Waals surface area contributed by atoms with Crippen LogP contribution in [0.5, 0.6) is 11.5 Å². The fourth-order valence-corrected chi connectivity index (χ4v) is 1.38. The van der Waals surface area contributed by atoms with E-state index >= 15 is 0 Å². The van der Waals surface area contributed by atoms with Crippen LogP contribution in [0, 0.1) is 0 Å². The van der Waals surface area contributed by atoms with Gasteiger partial charge in [-0.3, -0.25) is 0 Å². The number of hydrogen-bond donors (Lipinski definition) is 1. The minimum Gasteiger partial charge on any atom is -0.497 e. The second-order valence-electron chi connectivity index (χ2n) is 3.01. The molecule has 0 bridgehead atoms. The maximum atomic E-state index is 10.8. The molecule has 1 aromatic rings. The van der Waals surface area contributed by atoms with Crippen molar-refractivity contribution in [3.63, 3.8) is 0 Å². The fourth-order valence-electron chi connectivity index (χ4n) is 1.38. The summed E-state index contributed by atoms with van der Waals surface area (Å²) in [6, 6.07) is 4.98. The quantitative estimate of drug-likeness (QED) is 0.739. The number of nitrogens with one attached hydrogen (secondary N) is 1. The lowest BCUT2D eigenvalue weighted by Crippen LogP contribution is -2.18. The molecule has 0 amide bonds. The third-order valence-corrected chi connectivity index (χ3v) is 2.22. The zero-order valence-corrected chi connectivity index (χ0v) is 9.11. The first kappa shape index (κ1) is 11.5. The Hall–Kier alpha value is -1.55. The van der Waals surface area contributed by atoms with E-state index in [2.05, 4.69) is 5.32 Å². The van der Waals surface area contributed by atoms with Crippen LogP contribution in [-0.4, -0.2) is 27.6 Å².